The Morgan fingerprint density at radius 2 is 1.89 bits per heavy atom. The summed E-state index contributed by atoms with van der Waals surface area (Å²) in [6.07, 6.45) is 8.56. The van der Waals surface area contributed by atoms with E-state index < -0.39 is 0 Å². The van der Waals surface area contributed by atoms with Gasteiger partial charge in [0.05, 0.1) is 17.5 Å². The summed E-state index contributed by atoms with van der Waals surface area (Å²) in [4.78, 5) is 24.9. The lowest BCUT2D eigenvalue weighted by Gasteiger charge is -2.26. The van der Waals surface area contributed by atoms with Crippen molar-refractivity contribution in [2.45, 2.75) is 50.1 Å². The first-order valence-electron chi connectivity index (χ1n) is 13.3. The Morgan fingerprint density at radius 1 is 1.03 bits per heavy atom. The maximum absolute atomic E-state index is 13.6. The molecule has 9 nitrogen and oxygen atoms in total. The third-order valence-corrected chi connectivity index (χ3v) is 7.68. The van der Waals surface area contributed by atoms with Gasteiger partial charge in [-0.2, -0.15) is 5.10 Å². The van der Waals surface area contributed by atoms with Crippen molar-refractivity contribution in [3.63, 3.8) is 0 Å². The molecule has 1 aliphatic carbocycles. The molecular weight excluding hydrogens is 468 g/mol. The summed E-state index contributed by atoms with van der Waals surface area (Å²) in [6, 6.07) is 12.5. The summed E-state index contributed by atoms with van der Waals surface area (Å²) in [5, 5.41) is 9.38. The number of carbonyl (C=O) groups is 1. The summed E-state index contributed by atoms with van der Waals surface area (Å²) in [5.41, 5.74) is 3.10. The highest BCUT2D eigenvalue weighted by Crippen LogP contribution is 2.42. The smallest absolute Gasteiger partial charge is 0.257 e. The molecule has 1 N–H and O–H groups in total. The molecule has 3 aromatic heterocycles. The van der Waals surface area contributed by atoms with Crippen molar-refractivity contribution < 1.29 is 13.9 Å². The van der Waals surface area contributed by atoms with E-state index in [0.717, 1.165) is 75.1 Å². The van der Waals surface area contributed by atoms with Crippen molar-refractivity contribution in [2.24, 2.45) is 0 Å². The van der Waals surface area contributed by atoms with E-state index >= 15 is 0 Å². The first-order chi connectivity index (χ1) is 18.2. The highest BCUT2D eigenvalue weighted by atomic mass is 16.5. The van der Waals surface area contributed by atoms with Gasteiger partial charge >= 0.3 is 0 Å². The Morgan fingerprint density at radius 3 is 2.73 bits per heavy atom. The van der Waals surface area contributed by atoms with E-state index in [4.69, 9.17) is 14.1 Å². The van der Waals surface area contributed by atoms with E-state index in [9.17, 15) is 4.79 Å². The quantitative estimate of drug-likeness (QED) is 0.430. The maximum atomic E-state index is 13.6. The molecule has 0 spiro atoms. The molecule has 1 aromatic carbocycles. The van der Waals surface area contributed by atoms with E-state index in [1.54, 1.807) is 17.1 Å². The number of furan rings is 1. The SMILES string of the molecule is O=C(c1cnn(-c2nccc(-c3cc4ccccc4o3)n2)c1C1CC1)N1CC[C@@H](NC2CCOCC2)C1. The molecule has 1 amide bonds. The van der Waals surface area contributed by atoms with Crippen LogP contribution in [0.15, 0.2) is 53.2 Å². The van der Waals surface area contributed by atoms with Gasteiger partial charge in [-0.1, -0.05) is 18.2 Å². The minimum atomic E-state index is 0.0536. The molecular formula is C28H30N6O3. The number of rotatable bonds is 6. The van der Waals surface area contributed by atoms with Crippen molar-refractivity contribution in [1.29, 1.82) is 0 Å². The molecule has 0 unspecified atom stereocenters. The molecule has 5 heterocycles. The Balaban J connectivity index is 1.14. The van der Waals surface area contributed by atoms with Gasteiger partial charge in [-0.05, 0) is 50.3 Å². The van der Waals surface area contributed by atoms with Crippen LogP contribution in [0.25, 0.3) is 28.4 Å². The number of fused-ring (bicyclic) bond motifs is 1. The summed E-state index contributed by atoms with van der Waals surface area (Å²) in [7, 11) is 0. The third-order valence-electron chi connectivity index (χ3n) is 7.68. The van der Waals surface area contributed by atoms with Crippen molar-refractivity contribution in [1.82, 2.24) is 30.0 Å². The van der Waals surface area contributed by atoms with Crippen LogP contribution in [-0.4, -0.2) is 68.9 Å². The van der Waals surface area contributed by atoms with Crippen LogP contribution in [0, 0.1) is 0 Å². The molecule has 2 saturated heterocycles. The minimum absolute atomic E-state index is 0.0536. The third kappa shape index (κ3) is 4.42. The lowest BCUT2D eigenvalue weighted by atomic mass is 10.1. The molecule has 0 radical (unpaired) electrons. The average Bonchev–Trinajstić information content (AvgIpc) is 3.32. The van der Waals surface area contributed by atoms with Crippen LogP contribution in [0.1, 0.15) is 54.1 Å². The Labute approximate surface area is 214 Å². The van der Waals surface area contributed by atoms with Crippen LogP contribution in [0.3, 0.4) is 0 Å². The van der Waals surface area contributed by atoms with Gasteiger partial charge in [0.15, 0.2) is 5.76 Å². The van der Waals surface area contributed by atoms with Crippen molar-refractivity contribution in [2.75, 3.05) is 26.3 Å². The van der Waals surface area contributed by atoms with Gasteiger partial charge in [-0.15, -0.1) is 0 Å². The first kappa shape index (κ1) is 22.6. The molecule has 9 heteroatoms. The van der Waals surface area contributed by atoms with Gasteiger partial charge in [-0.3, -0.25) is 4.79 Å². The molecule has 7 rings (SSSR count). The highest BCUT2D eigenvalue weighted by molar-refractivity contribution is 5.95. The zero-order chi connectivity index (χ0) is 24.8. The normalized spacial score (nSPS) is 20.6. The first-order valence-corrected chi connectivity index (χ1v) is 13.3. The van der Waals surface area contributed by atoms with E-state index in [2.05, 4.69) is 15.4 Å². The van der Waals surface area contributed by atoms with E-state index in [0.29, 0.717) is 41.0 Å². The fourth-order valence-corrected chi connectivity index (χ4v) is 5.58. The van der Waals surface area contributed by atoms with Gasteiger partial charge in [0.25, 0.3) is 11.9 Å². The van der Waals surface area contributed by atoms with Crippen LogP contribution < -0.4 is 5.32 Å². The largest absolute Gasteiger partial charge is 0.454 e. The van der Waals surface area contributed by atoms with Crippen LogP contribution >= 0.6 is 0 Å². The summed E-state index contributed by atoms with van der Waals surface area (Å²) in [5.74, 6) is 1.50. The average molecular weight is 499 g/mol. The predicted molar refractivity (Wildman–Crippen MR) is 138 cm³/mol. The lowest BCUT2D eigenvalue weighted by Crippen LogP contribution is -2.43. The van der Waals surface area contributed by atoms with Crippen LogP contribution in [0.4, 0.5) is 0 Å². The maximum Gasteiger partial charge on any atom is 0.257 e. The minimum Gasteiger partial charge on any atom is -0.454 e. The van der Waals surface area contributed by atoms with E-state index in [1.807, 2.05) is 41.3 Å². The predicted octanol–water partition coefficient (Wildman–Crippen LogP) is 3.94. The molecule has 0 bridgehead atoms. The van der Waals surface area contributed by atoms with Gasteiger partial charge < -0.3 is 19.4 Å². The molecule has 190 valence electrons. The number of nitrogens with zero attached hydrogens (tertiary/aromatic N) is 5. The molecule has 3 aliphatic rings. The summed E-state index contributed by atoms with van der Waals surface area (Å²) >= 11 is 0. The number of hydrogen-bond acceptors (Lipinski definition) is 7. The number of likely N-dealkylation sites (tertiary alicyclic amines) is 1. The number of benzene rings is 1. The van der Waals surface area contributed by atoms with Gasteiger partial charge in [-0.25, -0.2) is 14.6 Å². The number of aromatic nitrogens is 4. The van der Waals surface area contributed by atoms with Gasteiger partial charge in [0.2, 0.25) is 0 Å². The second kappa shape index (κ2) is 9.39. The molecule has 2 aliphatic heterocycles. The molecule has 1 saturated carbocycles. The fourth-order valence-electron chi connectivity index (χ4n) is 5.58. The van der Waals surface area contributed by atoms with Crippen LogP contribution in [0.5, 0.6) is 0 Å². The Hall–Kier alpha value is -3.56. The second-order valence-electron chi connectivity index (χ2n) is 10.3. The summed E-state index contributed by atoms with van der Waals surface area (Å²) in [6.45, 7) is 3.11. The van der Waals surface area contributed by atoms with Crippen LogP contribution in [-0.2, 0) is 4.74 Å². The molecule has 1 atom stereocenters. The van der Waals surface area contributed by atoms with E-state index in [1.165, 1.54) is 0 Å². The lowest BCUT2D eigenvalue weighted by molar-refractivity contribution is 0.0728. The molecule has 3 fully saturated rings. The topological polar surface area (TPSA) is 98.3 Å². The highest BCUT2D eigenvalue weighted by Gasteiger charge is 2.37. The number of ether oxygens (including phenoxy) is 1. The van der Waals surface area contributed by atoms with E-state index in [-0.39, 0.29) is 5.91 Å². The van der Waals surface area contributed by atoms with Crippen molar-refractivity contribution in [3.05, 3.63) is 60.0 Å². The standard InChI is InChI=1S/C28H30N6O3/c35-27(33-12-8-21(17-33)31-20-9-13-36-14-10-20)22-16-30-34(26(22)18-5-6-18)28-29-11-7-23(32-28)25-15-19-3-1-2-4-24(19)37-25/h1-4,7,11,15-16,18,20-21,31H,5-6,8-10,12-14,17H2/t21-/m1/s1. The zero-order valence-corrected chi connectivity index (χ0v) is 20.7. The summed E-state index contributed by atoms with van der Waals surface area (Å²) < 4.78 is 13.3. The van der Waals surface area contributed by atoms with Crippen molar-refractivity contribution in [3.8, 4) is 17.4 Å². The molecule has 4 aromatic rings. The number of para-hydroxylation sites is 1. The zero-order valence-electron chi connectivity index (χ0n) is 20.7. The second-order valence-corrected chi connectivity index (χ2v) is 10.3. The number of carbonyl (C=O) groups excluding carboxylic acids is 1. The number of amides is 1. The fraction of sp³-hybridized carbons (Fsp3) is 0.429. The van der Waals surface area contributed by atoms with Gasteiger partial charge in [0, 0.05) is 55.9 Å². The molecule has 37 heavy (non-hydrogen) atoms. The number of hydrogen-bond donors (Lipinski definition) is 1. The number of nitrogens with one attached hydrogen (secondary N) is 1. The monoisotopic (exact) mass is 498 g/mol. The van der Waals surface area contributed by atoms with Crippen molar-refractivity contribution >= 4 is 16.9 Å². The Kier molecular flexibility index (Phi) is 5.74. The van der Waals surface area contributed by atoms with Gasteiger partial charge in [0.1, 0.15) is 11.3 Å². The van der Waals surface area contributed by atoms with Crippen LogP contribution in [0.2, 0.25) is 0 Å². The Bertz CT molecular complexity index is 1400.